The molecule has 0 unspecified atom stereocenters. The molecule has 0 atom stereocenters. The molecule has 0 aliphatic heterocycles. The Kier molecular flexibility index (Phi) is 10.1. The number of unbranched alkanes of at least 4 members (excludes halogenated alkanes) is 1. The van der Waals surface area contributed by atoms with Crippen molar-refractivity contribution in [2.45, 2.75) is 26.2 Å². The Morgan fingerprint density at radius 3 is 1.03 bits per heavy atom. The van der Waals surface area contributed by atoms with Crippen LogP contribution < -0.4 is 9.80 Å². The maximum Gasteiger partial charge on any atom is 0.194 e. The van der Waals surface area contributed by atoms with Crippen molar-refractivity contribution in [2.24, 2.45) is 0 Å². The zero-order valence-corrected chi connectivity index (χ0v) is 32.4. The van der Waals surface area contributed by atoms with Crippen molar-refractivity contribution in [3.8, 4) is 22.3 Å². The summed E-state index contributed by atoms with van der Waals surface area (Å²) < 4.78 is 0. The highest BCUT2D eigenvalue weighted by Crippen LogP contribution is 2.39. The maximum absolute atomic E-state index is 14.0. The number of carbonyl (C=O) groups is 2. The number of nitrogens with zero attached hydrogens (tertiary/aromatic N) is 2. The zero-order chi connectivity index (χ0) is 39.4. The first kappa shape index (κ1) is 36.3. The highest BCUT2D eigenvalue weighted by atomic mass is 16.1. The third-order valence-corrected chi connectivity index (χ3v) is 11.0. The lowest BCUT2D eigenvalue weighted by Crippen LogP contribution is -2.21. The Balaban J connectivity index is 0.972. The Labute approximate surface area is 340 Å². The third-order valence-electron chi connectivity index (χ3n) is 11.0. The van der Waals surface area contributed by atoms with Crippen molar-refractivity contribution in [1.82, 2.24) is 0 Å². The van der Waals surface area contributed by atoms with E-state index in [4.69, 9.17) is 0 Å². The molecule has 0 N–H and O–H groups in total. The largest absolute Gasteiger partial charge is 0.311 e. The van der Waals surface area contributed by atoms with E-state index in [9.17, 15) is 9.59 Å². The number of rotatable bonds is 11. The highest BCUT2D eigenvalue weighted by Gasteiger charge is 2.30. The summed E-state index contributed by atoms with van der Waals surface area (Å²) in [5.74, 6) is -0.271. The lowest BCUT2D eigenvalue weighted by atomic mass is 9.81. The van der Waals surface area contributed by atoms with Crippen LogP contribution in [0.15, 0.2) is 200 Å². The second kappa shape index (κ2) is 16.0. The van der Waals surface area contributed by atoms with Crippen LogP contribution in [-0.2, 0) is 6.42 Å². The molecule has 0 bridgehead atoms. The molecule has 0 aromatic heterocycles. The van der Waals surface area contributed by atoms with Gasteiger partial charge < -0.3 is 9.80 Å². The first-order valence-electron chi connectivity index (χ1n) is 20.0. The average molecular weight is 751 g/mol. The monoisotopic (exact) mass is 750 g/mol. The van der Waals surface area contributed by atoms with E-state index in [1.54, 1.807) is 12.1 Å². The number of benzene rings is 8. The molecule has 4 heteroatoms. The first-order valence-corrected chi connectivity index (χ1v) is 20.0. The van der Waals surface area contributed by atoms with E-state index in [2.05, 4.69) is 138 Å². The molecule has 4 nitrogen and oxygen atoms in total. The molecule has 0 heterocycles. The number of hydrogen-bond acceptors (Lipinski definition) is 4. The number of para-hydroxylation sites is 3. The summed E-state index contributed by atoms with van der Waals surface area (Å²) in [6, 6.07) is 67.8. The van der Waals surface area contributed by atoms with Crippen molar-refractivity contribution in [2.75, 3.05) is 9.80 Å². The van der Waals surface area contributed by atoms with Crippen LogP contribution in [-0.4, -0.2) is 11.6 Å². The number of hydrogen-bond donors (Lipinski definition) is 0. The molecule has 1 aliphatic rings. The second-order valence-electron chi connectivity index (χ2n) is 14.7. The van der Waals surface area contributed by atoms with Crippen LogP contribution in [0, 0.1) is 0 Å². The van der Waals surface area contributed by atoms with Gasteiger partial charge in [-0.25, -0.2) is 0 Å². The summed E-state index contributed by atoms with van der Waals surface area (Å²) in [6.45, 7) is 2.22. The molecule has 0 saturated heterocycles. The van der Waals surface area contributed by atoms with Gasteiger partial charge in [0, 0.05) is 56.4 Å². The quantitative estimate of drug-likeness (QED) is 0.132. The number of fused-ring (bicyclic) bond motifs is 2. The van der Waals surface area contributed by atoms with Gasteiger partial charge in [0.15, 0.2) is 11.6 Å². The standard InChI is InChI=1S/C54H42N2O2/c1-2-3-13-38-20-28-46(29-21-38)56(45-18-11-6-12-19-45)48-32-24-40(25-33-48)42-27-35-50-52(37-42)54(58)49-34-26-41(36-51(49)53(50)57)39-22-30-47(31-23-39)55(43-14-7-4-8-15-43)44-16-9-5-10-17-44/h4-12,14-37H,2-3,13H2,1H3. The van der Waals surface area contributed by atoms with Gasteiger partial charge in [-0.1, -0.05) is 116 Å². The summed E-state index contributed by atoms with van der Waals surface area (Å²) in [5.41, 5.74) is 13.1. The van der Waals surface area contributed by atoms with Gasteiger partial charge in [-0.2, -0.15) is 0 Å². The predicted molar refractivity (Wildman–Crippen MR) is 239 cm³/mol. The fraction of sp³-hybridized carbons (Fsp3) is 0.0741. The molecule has 0 radical (unpaired) electrons. The fourth-order valence-corrected chi connectivity index (χ4v) is 7.93. The Bertz CT molecular complexity index is 2670. The molecular formula is C54H42N2O2. The molecule has 0 fully saturated rings. The van der Waals surface area contributed by atoms with Crippen molar-refractivity contribution >= 4 is 45.7 Å². The molecule has 58 heavy (non-hydrogen) atoms. The molecule has 0 spiro atoms. The van der Waals surface area contributed by atoms with Crippen molar-refractivity contribution in [3.63, 3.8) is 0 Å². The van der Waals surface area contributed by atoms with E-state index < -0.39 is 0 Å². The smallest absolute Gasteiger partial charge is 0.194 e. The van der Waals surface area contributed by atoms with Gasteiger partial charge in [0.25, 0.3) is 0 Å². The van der Waals surface area contributed by atoms with Crippen LogP contribution >= 0.6 is 0 Å². The van der Waals surface area contributed by atoms with Gasteiger partial charge in [-0.3, -0.25) is 9.59 Å². The van der Waals surface area contributed by atoms with Crippen LogP contribution in [0.3, 0.4) is 0 Å². The van der Waals surface area contributed by atoms with Crippen LogP contribution in [0.1, 0.15) is 57.2 Å². The summed E-state index contributed by atoms with van der Waals surface area (Å²) in [6.07, 6.45) is 3.44. The van der Waals surface area contributed by atoms with E-state index in [0.717, 1.165) is 62.8 Å². The second-order valence-corrected chi connectivity index (χ2v) is 14.7. The molecule has 9 rings (SSSR count). The molecule has 8 aromatic rings. The van der Waals surface area contributed by atoms with Crippen molar-refractivity contribution in [1.29, 1.82) is 0 Å². The van der Waals surface area contributed by atoms with E-state index in [1.807, 2.05) is 66.7 Å². The van der Waals surface area contributed by atoms with Crippen molar-refractivity contribution < 1.29 is 9.59 Å². The molecule has 280 valence electrons. The van der Waals surface area contributed by atoms with Gasteiger partial charge >= 0.3 is 0 Å². The van der Waals surface area contributed by atoms with Gasteiger partial charge in [-0.05, 0) is 138 Å². The minimum absolute atomic E-state index is 0.135. The SMILES string of the molecule is CCCCc1ccc(N(c2ccccc2)c2ccc(-c3ccc4c(c3)C(=O)c3ccc(-c5ccc(N(c6ccccc6)c6ccccc6)cc5)cc3C4=O)cc2)cc1. The molecule has 1 aliphatic carbocycles. The van der Waals surface area contributed by atoms with Gasteiger partial charge in [0.2, 0.25) is 0 Å². The minimum atomic E-state index is -0.136. The third kappa shape index (κ3) is 7.13. The van der Waals surface area contributed by atoms with E-state index in [1.165, 1.54) is 18.4 Å². The number of ketones is 2. The van der Waals surface area contributed by atoms with Gasteiger partial charge in [0.05, 0.1) is 0 Å². The molecular weight excluding hydrogens is 709 g/mol. The number of anilines is 6. The van der Waals surface area contributed by atoms with Crippen LogP contribution in [0.2, 0.25) is 0 Å². The molecule has 0 saturated carbocycles. The average Bonchev–Trinajstić information content (AvgIpc) is 3.29. The van der Waals surface area contributed by atoms with Gasteiger partial charge in [0.1, 0.15) is 0 Å². The first-order chi connectivity index (χ1) is 28.6. The Hall–Kier alpha value is -7.30. The summed E-state index contributed by atoms with van der Waals surface area (Å²) in [4.78, 5) is 32.6. The predicted octanol–water partition coefficient (Wildman–Crippen LogP) is 14.1. The molecule has 8 aromatic carbocycles. The lowest BCUT2D eigenvalue weighted by Gasteiger charge is -2.26. The zero-order valence-electron chi connectivity index (χ0n) is 32.4. The van der Waals surface area contributed by atoms with Crippen LogP contribution in [0.4, 0.5) is 34.1 Å². The van der Waals surface area contributed by atoms with Crippen LogP contribution in [0.25, 0.3) is 22.3 Å². The van der Waals surface area contributed by atoms with Crippen molar-refractivity contribution in [3.05, 3.63) is 228 Å². The summed E-state index contributed by atoms with van der Waals surface area (Å²) >= 11 is 0. The number of carbonyl (C=O) groups excluding carboxylic acids is 2. The van der Waals surface area contributed by atoms with Crippen LogP contribution in [0.5, 0.6) is 0 Å². The summed E-state index contributed by atoms with van der Waals surface area (Å²) in [7, 11) is 0. The topological polar surface area (TPSA) is 40.6 Å². The normalized spacial score (nSPS) is 11.8. The summed E-state index contributed by atoms with van der Waals surface area (Å²) in [5, 5.41) is 0. The Morgan fingerprint density at radius 2 is 0.672 bits per heavy atom. The van der Waals surface area contributed by atoms with E-state index in [-0.39, 0.29) is 11.6 Å². The van der Waals surface area contributed by atoms with E-state index in [0.29, 0.717) is 22.3 Å². The minimum Gasteiger partial charge on any atom is -0.311 e. The molecule has 0 amide bonds. The fourth-order valence-electron chi connectivity index (χ4n) is 7.93. The van der Waals surface area contributed by atoms with E-state index >= 15 is 0 Å². The van der Waals surface area contributed by atoms with Gasteiger partial charge in [-0.15, -0.1) is 0 Å². The maximum atomic E-state index is 14.0. The lowest BCUT2D eigenvalue weighted by molar-refractivity contribution is 0.0979. The number of aryl methyl sites for hydroxylation is 1. The Morgan fingerprint density at radius 1 is 0.345 bits per heavy atom. The highest BCUT2D eigenvalue weighted by molar-refractivity contribution is 6.29.